The molecule has 0 aliphatic carbocycles. The maximum absolute atomic E-state index is 6.03. The summed E-state index contributed by atoms with van der Waals surface area (Å²) in [6, 6.07) is 3.62. The van der Waals surface area contributed by atoms with Gasteiger partial charge in [-0.3, -0.25) is 0 Å². The highest BCUT2D eigenvalue weighted by atomic mass is 35.5. The molecule has 1 heterocycles. The molecule has 0 saturated carbocycles. The molecular weight excluding hydrogens is 210 g/mol. The lowest BCUT2D eigenvalue weighted by Crippen LogP contribution is -2.47. The van der Waals surface area contributed by atoms with Crippen LogP contribution in [0.5, 0.6) is 0 Å². The van der Waals surface area contributed by atoms with Crippen LogP contribution in [0, 0.1) is 5.92 Å². The van der Waals surface area contributed by atoms with Gasteiger partial charge in [-0.15, -0.1) is 0 Å². The fourth-order valence-corrected chi connectivity index (χ4v) is 1.35. The number of rotatable bonds is 4. The summed E-state index contributed by atoms with van der Waals surface area (Å²) in [5.41, 5.74) is 5.59. The normalized spacial score (nSPS) is 15.1. The molecule has 1 aromatic rings. The molecule has 0 aromatic carbocycles. The molecule has 0 amide bonds. The monoisotopic (exact) mass is 227 g/mol. The lowest BCUT2D eigenvalue weighted by molar-refractivity contribution is 0.381. The number of nitrogens with one attached hydrogen (secondary N) is 1. The van der Waals surface area contributed by atoms with Gasteiger partial charge in [0, 0.05) is 12.7 Å². The van der Waals surface area contributed by atoms with Gasteiger partial charge in [-0.05, 0) is 25.0 Å². The third-order valence-corrected chi connectivity index (χ3v) is 3.17. The fourth-order valence-electron chi connectivity index (χ4n) is 1.18. The third-order valence-electron chi connectivity index (χ3n) is 2.86. The maximum atomic E-state index is 6.03. The summed E-state index contributed by atoms with van der Waals surface area (Å²) < 4.78 is 0. The highest BCUT2D eigenvalue weighted by molar-refractivity contribution is 6.32. The lowest BCUT2D eigenvalue weighted by Gasteiger charge is -2.34. The molecule has 3 N–H and O–H groups in total. The van der Waals surface area contributed by atoms with Gasteiger partial charge < -0.3 is 11.1 Å². The van der Waals surface area contributed by atoms with Crippen LogP contribution in [0.15, 0.2) is 18.3 Å². The number of halogens is 1. The first kappa shape index (κ1) is 12.3. The molecule has 84 valence electrons. The van der Waals surface area contributed by atoms with E-state index < -0.39 is 0 Å². The average molecular weight is 228 g/mol. The van der Waals surface area contributed by atoms with Crippen molar-refractivity contribution < 1.29 is 0 Å². The van der Waals surface area contributed by atoms with Crippen LogP contribution in [0.25, 0.3) is 0 Å². The van der Waals surface area contributed by atoms with E-state index in [0.29, 0.717) is 23.3 Å². The molecule has 3 nitrogen and oxygen atoms in total. The zero-order valence-electron chi connectivity index (χ0n) is 9.42. The van der Waals surface area contributed by atoms with E-state index in [2.05, 4.69) is 31.1 Å². The molecule has 1 aromatic heterocycles. The Balaban J connectivity index is 2.89. The molecule has 0 aliphatic heterocycles. The smallest absolute Gasteiger partial charge is 0.145 e. The first-order valence-electron chi connectivity index (χ1n) is 5.08. The molecule has 0 spiro atoms. The number of nitrogens with two attached hydrogens (primary N) is 1. The van der Waals surface area contributed by atoms with E-state index >= 15 is 0 Å². The first-order chi connectivity index (χ1) is 6.99. The molecule has 0 radical (unpaired) electrons. The topological polar surface area (TPSA) is 50.9 Å². The first-order valence-corrected chi connectivity index (χ1v) is 5.46. The highest BCUT2D eigenvalue weighted by Crippen LogP contribution is 2.25. The predicted molar refractivity (Wildman–Crippen MR) is 65.2 cm³/mol. The number of anilines is 1. The minimum atomic E-state index is -0.183. The number of pyridine rings is 1. The lowest BCUT2D eigenvalue weighted by atomic mass is 9.88. The van der Waals surface area contributed by atoms with Crippen LogP contribution >= 0.6 is 11.6 Å². The Bertz CT molecular complexity index is 327. The highest BCUT2D eigenvalue weighted by Gasteiger charge is 2.27. The van der Waals surface area contributed by atoms with Gasteiger partial charge in [0.15, 0.2) is 0 Å². The van der Waals surface area contributed by atoms with Crippen LogP contribution < -0.4 is 11.1 Å². The van der Waals surface area contributed by atoms with Crippen LogP contribution in [0.3, 0.4) is 0 Å². The van der Waals surface area contributed by atoms with Crippen molar-refractivity contribution in [2.75, 3.05) is 11.9 Å². The van der Waals surface area contributed by atoms with Gasteiger partial charge in [-0.25, -0.2) is 4.98 Å². The molecule has 1 unspecified atom stereocenters. The minimum Gasteiger partial charge on any atom is -0.362 e. The Morgan fingerprint density at radius 1 is 1.60 bits per heavy atom. The van der Waals surface area contributed by atoms with Crippen molar-refractivity contribution in [3.8, 4) is 0 Å². The van der Waals surface area contributed by atoms with Crippen molar-refractivity contribution in [1.82, 2.24) is 4.98 Å². The van der Waals surface area contributed by atoms with Crippen LogP contribution in [0.4, 0.5) is 5.82 Å². The molecule has 15 heavy (non-hydrogen) atoms. The standard InChI is InChI=1S/C11H18ClN3/c1-8(2)11(3,7-13)15-10-9(12)5-4-6-14-10/h4-6,8H,7,13H2,1-3H3,(H,14,15). The van der Waals surface area contributed by atoms with E-state index in [9.17, 15) is 0 Å². The SMILES string of the molecule is CC(C)C(C)(CN)Nc1ncccc1Cl. The largest absolute Gasteiger partial charge is 0.362 e. The summed E-state index contributed by atoms with van der Waals surface area (Å²) in [7, 11) is 0. The van der Waals surface area contributed by atoms with E-state index in [-0.39, 0.29) is 5.54 Å². The second-order valence-electron chi connectivity index (χ2n) is 4.24. The van der Waals surface area contributed by atoms with Crippen molar-refractivity contribution in [2.24, 2.45) is 11.7 Å². The Morgan fingerprint density at radius 3 is 2.73 bits per heavy atom. The average Bonchev–Trinajstić information content (AvgIpc) is 2.21. The summed E-state index contributed by atoms with van der Waals surface area (Å²) in [5.74, 6) is 1.10. The van der Waals surface area contributed by atoms with Crippen LogP contribution in [-0.2, 0) is 0 Å². The van der Waals surface area contributed by atoms with Gasteiger partial charge in [0.2, 0.25) is 0 Å². The molecular formula is C11H18ClN3. The predicted octanol–water partition coefficient (Wildman–Crippen LogP) is 2.52. The van der Waals surface area contributed by atoms with Crippen molar-refractivity contribution in [2.45, 2.75) is 26.3 Å². The molecule has 1 rings (SSSR count). The van der Waals surface area contributed by atoms with E-state index in [1.807, 2.05) is 12.1 Å². The zero-order chi connectivity index (χ0) is 11.5. The van der Waals surface area contributed by atoms with Crippen LogP contribution in [0.2, 0.25) is 5.02 Å². The summed E-state index contributed by atoms with van der Waals surface area (Å²) in [4.78, 5) is 4.20. The van der Waals surface area contributed by atoms with Crippen molar-refractivity contribution in [3.63, 3.8) is 0 Å². The quantitative estimate of drug-likeness (QED) is 0.831. The molecule has 4 heteroatoms. The van der Waals surface area contributed by atoms with E-state index in [0.717, 1.165) is 0 Å². The van der Waals surface area contributed by atoms with E-state index in [4.69, 9.17) is 17.3 Å². The summed E-state index contributed by atoms with van der Waals surface area (Å²) in [6.07, 6.45) is 1.71. The van der Waals surface area contributed by atoms with Crippen LogP contribution in [-0.4, -0.2) is 17.1 Å². The van der Waals surface area contributed by atoms with E-state index in [1.54, 1.807) is 6.20 Å². The van der Waals surface area contributed by atoms with Gasteiger partial charge in [0.05, 0.1) is 10.6 Å². The Hall–Kier alpha value is -0.800. The van der Waals surface area contributed by atoms with Gasteiger partial charge in [0.1, 0.15) is 5.82 Å². The van der Waals surface area contributed by atoms with E-state index in [1.165, 1.54) is 0 Å². The number of aromatic nitrogens is 1. The van der Waals surface area contributed by atoms with Gasteiger partial charge in [-0.2, -0.15) is 0 Å². The fraction of sp³-hybridized carbons (Fsp3) is 0.545. The summed E-state index contributed by atoms with van der Waals surface area (Å²) >= 11 is 6.03. The number of hydrogen-bond acceptors (Lipinski definition) is 3. The van der Waals surface area contributed by atoms with Gasteiger partial charge in [-0.1, -0.05) is 25.4 Å². The second-order valence-corrected chi connectivity index (χ2v) is 4.64. The van der Waals surface area contributed by atoms with Crippen molar-refractivity contribution >= 4 is 17.4 Å². The van der Waals surface area contributed by atoms with Gasteiger partial charge in [0.25, 0.3) is 0 Å². The molecule has 0 aliphatic rings. The number of hydrogen-bond donors (Lipinski definition) is 2. The van der Waals surface area contributed by atoms with Crippen molar-refractivity contribution in [3.05, 3.63) is 23.4 Å². The summed E-state index contributed by atoms with van der Waals surface area (Å²) in [5, 5.41) is 3.93. The summed E-state index contributed by atoms with van der Waals surface area (Å²) in [6.45, 7) is 6.85. The molecule has 0 bridgehead atoms. The van der Waals surface area contributed by atoms with Crippen molar-refractivity contribution in [1.29, 1.82) is 0 Å². The zero-order valence-corrected chi connectivity index (χ0v) is 10.2. The Labute approximate surface area is 96.0 Å². The maximum Gasteiger partial charge on any atom is 0.145 e. The molecule has 0 saturated heterocycles. The third kappa shape index (κ3) is 2.83. The Kier molecular flexibility index (Phi) is 3.94. The molecule has 0 fully saturated rings. The Morgan fingerprint density at radius 2 is 2.27 bits per heavy atom. The van der Waals surface area contributed by atoms with Gasteiger partial charge >= 0.3 is 0 Å². The molecule has 1 atom stereocenters. The number of nitrogens with zero attached hydrogens (tertiary/aromatic N) is 1. The van der Waals surface area contributed by atoms with Crippen LogP contribution in [0.1, 0.15) is 20.8 Å². The second kappa shape index (κ2) is 4.81. The minimum absolute atomic E-state index is 0.183.